The first-order chi connectivity index (χ1) is 10.5. The van der Waals surface area contributed by atoms with Crippen LogP contribution in [0.5, 0.6) is 0 Å². The minimum atomic E-state index is -0.886. The number of nitro benzene ring substituents is 1. The number of nitrogens with zero attached hydrogens (tertiary/aromatic N) is 1. The fourth-order valence-corrected chi connectivity index (χ4v) is 2.24. The monoisotopic (exact) mass is 306 g/mol. The molecule has 0 spiro atoms. The highest BCUT2D eigenvalue weighted by molar-refractivity contribution is 5.35. The Morgan fingerprint density at radius 1 is 1.18 bits per heavy atom. The molecule has 0 fully saturated rings. The van der Waals surface area contributed by atoms with E-state index in [4.69, 9.17) is 0 Å². The van der Waals surface area contributed by atoms with Crippen molar-refractivity contribution in [3.8, 4) is 0 Å². The standard InChI is InChI=1S/C16H16F2N2O2/c1-2-16(12-4-3-5-13(9-12)20(21)22)19-10-11-6-7-14(17)15(18)8-11/h3-9,16,19H,2,10H2,1H3. The maximum absolute atomic E-state index is 13.2. The van der Waals surface area contributed by atoms with Crippen molar-refractivity contribution in [2.75, 3.05) is 0 Å². The van der Waals surface area contributed by atoms with Crippen LogP contribution in [0.4, 0.5) is 14.5 Å². The predicted octanol–water partition coefficient (Wildman–Crippen LogP) is 4.11. The number of nitro groups is 1. The van der Waals surface area contributed by atoms with Gasteiger partial charge in [0.25, 0.3) is 5.69 Å². The van der Waals surface area contributed by atoms with Gasteiger partial charge in [-0.25, -0.2) is 8.78 Å². The van der Waals surface area contributed by atoms with E-state index in [0.29, 0.717) is 18.5 Å². The molecule has 0 aliphatic heterocycles. The van der Waals surface area contributed by atoms with E-state index in [-0.39, 0.29) is 11.7 Å². The Morgan fingerprint density at radius 3 is 2.59 bits per heavy atom. The number of hydrogen-bond donors (Lipinski definition) is 1. The average Bonchev–Trinajstić information content (AvgIpc) is 2.51. The number of halogens is 2. The fraction of sp³-hybridized carbons (Fsp3) is 0.250. The van der Waals surface area contributed by atoms with E-state index in [1.807, 2.05) is 6.92 Å². The molecule has 0 saturated heterocycles. The zero-order valence-electron chi connectivity index (χ0n) is 12.1. The largest absolute Gasteiger partial charge is 0.306 e. The summed E-state index contributed by atoms with van der Waals surface area (Å²) in [5.41, 5.74) is 1.44. The molecule has 116 valence electrons. The molecule has 0 saturated carbocycles. The van der Waals surface area contributed by atoms with Gasteiger partial charge in [-0.05, 0) is 29.7 Å². The number of benzene rings is 2. The van der Waals surface area contributed by atoms with Crippen molar-refractivity contribution in [2.45, 2.75) is 25.9 Å². The van der Waals surface area contributed by atoms with Crippen molar-refractivity contribution in [2.24, 2.45) is 0 Å². The maximum atomic E-state index is 13.2. The Balaban J connectivity index is 2.10. The first-order valence-electron chi connectivity index (χ1n) is 6.93. The molecule has 2 aromatic rings. The molecule has 2 rings (SSSR count). The molecule has 0 aliphatic carbocycles. The van der Waals surface area contributed by atoms with Gasteiger partial charge in [-0.2, -0.15) is 0 Å². The molecule has 1 atom stereocenters. The summed E-state index contributed by atoms with van der Waals surface area (Å²) in [6.45, 7) is 2.29. The van der Waals surface area contributed by atoms with Gasteiger partial charge in [-0.1, -0.05) is 25.1 Å². The summed E-state index contributed by atoms with van der Waals surface area (Å²) < 4.78 is 26.1. The zero-order valence-corrected chi connectivity index (χ0v) is 12.1. The fourth-order valence-electron chi connectivity index (χ4n) is 2.24. The Morgan fingerprint density at radius 2 is 1.95 bits per heavy atom. The average molecular weight is 306 g/mol. The molecular formula is C16H16F2N2O2. The topological polar surface area (TPSA) is 55.2 Å². The SMILES string of the molecule is CCC(NCc1ccc(F)c(F)c1)c1cccc([N+](=O)[O-])c1. The number of hydrogen-bond acceptors (Lipinski definition) is 3. The molecule has 4 nitrogen and oxygen atoms in total. The van der Waals surface area contributed by atoms with Crippen molar-refractivity contribution in [1.29, 1.82) is 0 Å². The van der Waals surface area contributed by atoms with Crippen LogP contribution < -0.4 is 5.32 Å². The molecule has 0 aliphatic rings. The van der Waals surface area contributed by atoms with Gasteiger partial charge in [0.05, 0.1) is 4.92 Å². The summed E-state index contributed by atoms with van der Waals surface area (Å²) in [6.07, 6.45) is 0.713. The lowest BCUT2D eigenvalue weighted by Crippen LogP contribution is -2.20. The van der Waals surface area contributed by atoms with Crippen LogP contribution in [0.2, 0.25) is 0 Å². The Hall–Kier alpha value is -2.34. The van der Waals surface area contributed by atoms with Crippen molar-refractivity contribution >= 4 is 5.69 Å². The van der Waals surface area contributed by atoms with Crippen LogP contribution in [-0.4, -0.2) is 4.92 Å². The van der Waals surface area contributed by atoms with Gasteiger partial charge < -0.3 is 5.32 Å². The van der Waals surface area contributed by atoms with E-state index >= 15 is 0 Å². The van der Waals surface area contributed by atoms with Gasteiger partial charge in [0.2, 0.25) is 0 Å². The maximum Gasteiger partial charge on any atom is 0.269 e. The number of non-ortho nitro benzene ring substituents is 1. The van der Waals surface area contributed by atoms with Crippen molar-refractivity contribution in [1.82, 2.24) is 5.32 Å². The molecule has 1 unspecified atom stereocenters. The van der Waals surface area contributed by atoms with E-state index in [0.717, 1.165) is 17.7 Å². The van der Waals surface area contributed by atoms with E-state index in [1.54, 1.807) is 12.1 Å². The third kappa shape index (κ3) is 3.85. The van der Waals surface area contributed by atoms with Crippen LogP contribution in [-0.2, 0) is 6.54 Å². The van der Waals surface area contributed by atoms with Gasteiger partial charge >= 0.3 is 0 Å². The van der Waals surface area contributed by atoms with E-state index in [1.165, 1.54) is 18.2 Å². The second kappa shape index (κ2) is 7.09. The summed E-state index contributed by atoms with van der Waals surface area (Å²) >= 11 is 0. The normalized spacial score (nSPS) is 12.1. The second-order valence-electron chi connectivity index (χ2n) is 4.94. The lowest BCUT2D eigenvalue weighted by atomic mass is 10.0. The van der Waals surface area contributed by atoms with E-state index in [2.05, 4.69) is 5.32 Å². The lowest BCUT2D eigenvalue weighted by Gasteiger charge is -2.17. The first-order valence-corrected chi connectivity index (χ1v) is 6.93. The number of nitrogens with one attached hydrogen (secondary N) is 1. The van der Waals surface area contributed by atoms with Crippen LogP contribution in [0, 0.1) is 21.7 Å². The minimum absolute atomic E-state index is 0.0329. The molecule has 0 bridgehead atoms. The Bertz CT molecular complexity index is 677. The van der Waals surface area contributed by atoms with Gasteiger partial charge in [-0.3, -0.25) is 10.1 Å². The summed E-state index contributed by atoms with van der Waals surface area (Å²) in [4.78, 5) is 10.4. The molecule has 22 heavy (non-hydrogen) atoms. The quantitative estimate of drug-likeness (QED) is 0.645. The highest BCUT2D eigenvalue weighted by Gasteiger charge is 2.13. The Kier molecular flexibility index (Phi) is 5.16. The minimum Gasteiger partial charge on any atom is -0.306 e. The highest BCUT2D eigenvalue weighted by Crippen LogP contribution is 2.22. The van der Waals surface area contributed by atoms with Crippen molar-refractivity contribution in [3.63, 3.8) is 0 Å². The third-order valence-corrected chi connectivity index (χ3v) is 3.43. The van der Waals surface area contributed by atoms with Crippen molar-refractivity contribution < 1.29 is 13.7 Å². The van der Waals surface area contributed by atoms with Gasteiger partial charge in [0.1, 0.15) is 0 Å². The first kappa shape index (κ1) is 16.0. The Labute approximate surface area is 126 Å². The molecule has 0 radical (unpaired) electrons. The van der Waals surface area contributed by atoms with E-state index in [9.17, 15) is 18.9 Å². The van der Waals surface area contributed by atoms with Crippen molar-refractivity contribution in [3.05, 3.63) is 75.3 Å². The zero-order chi connectivity index (χ0) is 16.1. The molecule has 0 aromatic heterocycles. The van der Waals surface area contributed by atoms with Crippen LogP contribution >= 0.6 is 0 Å². The summed E-state index contributed by atoms with van der Waals surface area (Å²) in [7, 11) is 0. The molecule has 0 heterocycles. The van der Waals surface area contributed by atoms with Gasteiger partial charge in [0, 0.05) is 24.7 Å². The smallest absolute Gasteiger partial charge is 0.269 e. The molecule has 1 N–H and O–H groups in total. The van der Waals surface area contributed by atoms with Crippen LogP contribution in [0.3, 0.4) is 0 Å². The second-order valence-corrected chi connectivity index (χ2v) is 4.94. The summed E-state index contributed by atoms with van der Waals surface area (Å²) in [6, 6.07) is 10.0. The van der Waals surface area contributed by atoms with Gasteiger partial charge in [0.15, 0.2) is 11.6 Å². The molecule has 2 aromatic carbocycles. The van der Waals surface area contributed by atoms with Crippen LogP contribution in [0.25, 0.3) is 0 Å². The molecule has 0 amide bonds. The summed E-state index contributed by atoms with van der Waals surface area (Å²) in [5, 5.41) is 14.0. The predicted molar refractivity (Wildman–Crippen MR) is 79.3 cm³/mol. The van der Waals surface area contributed by atoms with Gasteiger partial charge in [-0.15, -0.1) is 0 Å². The third-order valence-electron chi connectivity index (χ3n) is 3.43. The summed E-state index contributed by atoms with van der Waals surface area (Å²) in [5.74, 6) is -1.77. The highest BCUT2D eigenvalue weighted by atomic mass is 19.2. The van der Waals surface area contributed by atoms with E-state index < -0.39 is 16.6 Å². The molecule has 6 heteroatoms. The number of rotatable bonds is 6. The molecular weight excluding hydrogens is 290 g/mol. The lowest BCUT2D eigenvalue weighted by molar-refractivity contribution is -0.384. The van der Waals surface area contributed by atoms with Crippen LogP contribution in [0.1, 0.15) is 30.5 Å². The van der Waals surface area contributed by atoms with Crippen LogP contribution in [0.15, 0.2) is 42.5 Å².